The number of amides is 1. The summed E-state index contributed by atoms with van der Waals surface area (Å²) < 4.78 is 43.6. The Kier molecular flexibility index (Phi) is 5.93. The second-order valence-electron chi connectivity index (χ2n) is 6.10. The van der Waals surface area contributed by atoms with Gasteiger partial charge in [0.25, 0.3) is 0 Å². The monoisotopic (exact) mass is 400 g/mol. The van der Waals surface area contributed by atoms with Crippen molar-refractivity contribution >= 4 is 5.91 Å². The van der Waals surface area contributed by atoms with Crippen LogP contribution in [0.15, 0.2) is 52.9 Å². The number of alkyl halides is 3. The number of hydrogen-bond acceptors (Lipinski definition) is 5. The summed E-state index contributed by atoms with van der Waals surface area (Å²) >= 11 is 0. The Morgan fingerprint density at radius 3 is 2.52 bits per heavy atom. The largest absolute Gasteiger partial charge is 0.416 e. The predicted octanol–water partition coefficient (Wildman–Crippen LogP) is 3.99. The Balaban J connectivity index is 1.79. The molecular weight excluding hydrogens is 385 g/mol. The Morgan fingerprint density at radius 1 is 1.10 bits per heavy atom. The van der Waals surface area contributed by atoms with Gasteiger partial charge >= 0.3 is 18.0 Å². The molecule has 0 spiro atoms. The molecule has 0 radical (unpaired) electrons. The molecule has 1 amide bonds. The Hall–Kier alpha value is -3.67. The minimum Gasteiger partial charge on any atom is -0.412 e. The van der Waals surface area contributed by atoms with Crippen LogP contribution in [0.2, 0.25) is 0 Å². The molecule has 0 fully saturated rings. The zero-order chi connectivity index (χ0) is 20.9. The van der Waals surface area contributed by atoms with E-state index in [1.54, 1.807) is 24.3 Å². The van der Waals surface area contributed by atoms with E-state index in [9.17, 15) is 18.0 Å². The molecule has 9 heteroatoms. The highest BCUT2D eigenvalue weighted by molar-refractivity contribution is 5.89. The third-order valence-electron chi connectivity index (χ3n) is 4.07. The summed E-state index contributed by atoms with van der Waals surface area (Å²) in [4.78, 5) is 11.9. The van der Waals surface area contributed by atoms with E-state index in [1.807, 2.05) is 6.07 Å². The number of halogens is 3. The van der Waals surface area contributed by atoms with Crippen LogP contribution in [0.4, 0.5) is 13.2 Å². The van der Waals surface area contributed by atoms with Crippen molar-refractivity contribution in [2.45, 2.75) is 19.0 Å². The van der Waals surface area contributed by atoms with Crippen LogP contribution in [0.25, 0.3) is 11.5 Å². The van der Waals surface area contributed by atoms with Gasteiger partial charge in [-0.15, -0.1) is 10.2 Å². The van der Waals surface area contributed by atoms with Crippen molar-refractivity contribution in [2.24, 2.45) is 0 Å². The summed E-state index contributed by atoms with van der Waals surface area (Å²) in [5, 5.41) is 18.6. The number of aromatic nitrogens is 2. The number of nitrogens with zero attached hydrogens (tertiary/aromatic N) is 3. The molecule has 0 aliphatic heterocycles. The second-order valence-corrected chi connectivity index (χ2v) is 6.10. The SMILES string of the molecule is N#CCCNC(=O)c1nnc(-c2ccccc2Cc2ccc(C(F)(F)F)cc2)o1. The standard InChI is InChI=1S/C20H15F3N4O2/c21-20(22,23)15-8-6-13(7-9-15)12-14-4-1-2-5-16(14)18-26-27-19(29-18)17(28)25-11-3-10-24/h1-2,4-9H,3,11-12H2,(H,25,28). The van der Waals surface area contributed by atoms with Crippen LogP contribution in [0.5, 0.6) is 0 Å². The lowest BCUT2D eigenvalue weighted by molar-refractivity contribution is -0.137. The molecule has 1 aromatic heterocycles. The van der Waals surface area contributed by atoms with Gasteiger partial charge < -0.3 is 9.73 Å². The molecule has 0 bridgehead atoms. The lowest BCUT2D eigenvalue weighted by Crippen LogP contribution is -2.24. The fraction of sp³-hybridized carbons (Fsp3) is 0.200. The molecule has 3 rings (SSSR count). The number of carbonyl (C=O) groups excluding carboxylic acids is 1. The molecule has 0 aliphatic carbocycles. The summed E-state index contributed by atoms with van der Waals surface area (Å²) in [6, 6.07) is 13.9. The van der Waals surface area contributed by atoms with Gasteiger partial charge in [-0.1, -0.05) is 30.3 Å². The number of carbonyl (C=O) groups is 1. The van der Waals surface area contributed by atoms with E-state index in [1.165, 1.54) is 12.1 Å². The molecule has 6 nitrogen and oxygen atoms in total. The van der Waals surface area contributed by atoms with E-state index in [4.69, 9.17) is 9.68 Å². The van der Waals surface area contributed by atoms with Crippen LogP contribution in [0.3, 0.4) is 0 Å². The van der Waals surface area contributed by atoms with Gasteiger partial charge in [-0.05, 0) is 35.7 Å². The fourth-order valence-corrected chi connectivity index (χ4v) is 2.65. The first-order chi connectivity index (χ1) is 13.9. The first-order valence-corrected chi connectivity index (χ1v) is 8.61. The quantitative estimate of drug-likeness (QED) is 0.632. The molecule has 148 valence electrons. The molecule has 0 aliphatic rings. The van der Waals surface area contributed by atoms with E-state index in [0.717, 1.165) is 17.7 Å². The minimum absolute atomic E-state index is 0.123. The van der Waals surface area contributed by atoms with Gasteiger partial charge in [0.2, 0.25) is 5.89 Å². The second kappa shape index (κ2) is 8.56. The molecule has 2 aromatic carbocycles. The Morgan fingerprint density at radius 2 is 1.83 bits per heavy atom. The zero-order valence-corrected chi connectivity index (χ0v) is 15.0. The van der Waals surface area contributed by atoms with E-state index in [-0.39, 0.29) is 24.7 Å². The van der Waals surface area contributed by atoms with Crippen molar-refractivity contribution in [1.29, 1.82) is 5.26 Å². The maximum Gasteiger partial charge on any atom is 0.416 e. The summed E-state index contributed by atoms with van der Waals surface area (Å²) in [6.45, 7) is 0.164. The third kappa shape index (κ3) is 4.99. The first kappa shape index (κ1) is 20.1. The first-order valence-electron chi connectivity index (χ1n) is 8.61. The molecule has 0 saturated carbocycles. The van der Waals surface area contributed by atoms with Crippen molar-refractivity contribution in [3.05, 3.63) is 71.1 Å². The van der Waals surface area contributed by atoms with Crippen molar-refractivity contribution < 1.29 is 22.4 Å². The van der Waals surface area contributed by atoms with Crippen molar-refractivity contribution in [3.63, 3.8) is 0 Å². The van der Waals surface area contributed by atoms with Crippen LogP contribution in [-0.2, 0) is 12.6 Å². The van der Waals surface area contributed by atoms with E-state index in [2.05, 4.69) is 15.5 Å². The molecule has 0 saturated heterocycles. The highest BCUT2D eigenvalue weighted by atomic mass is 19.4. The molecular formula is C20H15F3N4O2. The third-order valence-corrected chi connectivity index (χ3v) is 4.07. The molecule has 0 unspecified atom stereocenters. The Labute approximate surface area is 164 Å². The maximum absolute atomic E-state index is 12.7. The molecule has 1 heterocycles. The van der Waals surface area contributed by atoms with E-state index < -0.39 is 17.6 Å². The van der Waals surface area contributed by atoms with E-state index >= 15 is 0 Å². The molecule has 3 aromatic rings. The van der Waals surface area contributed by atoms with Crippen LogP contribution in [-0.4, -0.2) is 22.6 Å². The number of nitriles is 1. The van der Waals surface area contributed by atoms with Crippen LogP contribution in [0.1, 0.15) is 33.8 Å². The summed E-state index contributed by atoms with van der Waals surface area (Å²) in [5.74, 6) is -0.695. The normalized spacial score (nSPS) is 11.1. The van der Waals surface area contributed by atoms with Crippen molar-refractivity contribution in [2.75, 3.05) is 6.54 Å². The highest BCUT2D eigenvalue weighted by Gasteiger charge is 2.30. The minimum atomic E-state index is -4.38. The fourth-order valence-electron chi connectivity index (χ4n) is 2.65. The van der Waals surface area contributed by atoms with Crippen LogP contribution in [0, 0.1) is 11.3 Å². The van der Waals surface area contributed by atoms with Crippen LogP contribution < -0.4 is 5.32 Å². The number of rotatable bonds is 6. The van der Waals surface area contributed by atoms with Gasteiger partial charge in [-0.2, -0.15) is 18.4 Å². The average Bonchev–Trinajstić information content (AvgIpc) is 3.18. The molecule has 0 atom stereocenters. The lowest BCUT2D eigenvalue weighted by Gasteiger charge is -2.09. The number of benzene rings is 2. The topological polar surface area (TPSA) is 91.8 Å². The lowest BCUT2D eigenvalue weighted by atomic mass is 9.99. The molecule has 29 heavy (non-hydrogen) atoms. The highest BCUT2D eigenvalue weighted by Crippen LogP contribution is 2.30. The predicted molar refractivity (Wildman–Crippen MR) is 96.5 cm³/mol. The van der Waals surface area contributed by atoms with Gasteiger partial charge in [0, 0.05) is 12.1 Å². The van der Waals surface area contributed by atoms with Gasteiger partial charge in [0.15, 0.2) is 0 Å². The average molecular weight is 400 g/mol. The maximum atomic E-state index is 12.7. The smallest absolute Gasteiger partial charge is 0.412 e. The van der Waals surface area contributed by atoms with Crippen LogP contribution >= 0.6 is 0 Å². The van der Waals surface area contributed by atoms with E-state index in [0.29, 0.717) is 17.5 Å². The zero-order valence-electron chi connectivity index (χ0n) is 15.0. The number of hydrogen-bond donors (Lipinski definition) is 1. The summed E-state index contributed by atoms with van der Waals surface area (Å²) in [5.41, 5.74) is 1.31. The van der Waals surface area contributed by atoms with Gasteiger partial charge in [0.05, 0.1) is 18.1 Å². The van der Waals surface area contributed by atoms with Gasteiger partial charge in [-0.3, -0.25) is 4.79 Å². The summed E-state index contributed by atoms with van der Waals surface area (Å²) in [6.07, 6.45) is -3.88. The molecule has 1 N–H and O–H groups in total. The Bertz CT molecular complexity index is 1040. The number of nitrogens with one attached hydrogen (secondary N) is 1. The van der Waals surface area contributed by atoms with Gasteiger partial charge in [-0.25, -0.2) is 0 Å². The summed E-state index contributed by atoms with van der Waals surface area (Å²) in [7, 11) is 0. The van der Waals surface area contributed by atoms with Crippen molar-refractivity contribution in [3.8, 4) is 17.5 Å². The van der Waals surface area contributed by atoms with Gasteiger partial charge in [0.1, 0.15) is 0 Å². The van der Waals surface area contributed by atoms with Crippen molar-refractivity contribution in [1.82, 2.24) is 15.5 Å².